The zero-order valence-electron chi connectivity index (χ0n) is 9.51. The van der Waals surface area contributed by atoms with Crippen LogP contribution in [0.5, 0.6) is 0 Å². The summed E-state index contributed by atoms with van der Waals surface area (Å²) in [6.45, 7) is -0.463. The fourth-order valence-corrected chi connectivity index (χ4v) is 3.25. The summed E-state index contributed by atoms with van der Waals surface area (Å²) < 4.78 is 25.9. The van der Waals surface area contributed by atoms with E-state index in [4.69, 9.17) is 33.4 Å². The number of benzene rings is 1. The Hall–Kier alpha value is -0.860. The number of rotatable bonds is 6. The summed E-state index contributed by atoms with van der Waals surface area (Å²) in [4.78, 5) is 10.6. The maximum Gasteiger partial charge on any atom is 0.321 e. The highest BCUT2D eigenvalue weighted by atomic mass is 35.5. The van der Waals surface area contributed by atoms with E-state index in [-0.39, 0.29) is 21.4 Å². The van der Waals surface area contributed by atoms with Crippen LogP contribution in [0.4, 0.5) is 0 Å². The van der Waals surface area contributed by atoms with E-state index >= 15 is 0 Å². The molecule has 1 unspecified atom stereocenters. The predicted octanol–water partition coefficient (Wildman–Crippen LogP) is 1.11. The SMILES string of the molecule is O=C(O)C(CCO)NS(=O)(=O)c1cc(Cl)cc(Cl)c1. The van der Waals surface area contributed by atoms with E-state index in [0.717, 1.165) is 12.1 Å². The van der Waals surface area contributed by atoms with Crippen LogP contribution >= 0.6 is 23.2 Å². The van der Waals surface area contributed by atoms with Gasteiger partial charge in [0.05, 0.1) is 4.90 Å². The summed E-state index contributed by atoms with van der Waals surface area (Å²) in [6, 6.07) is 2.22. The molecule has 0 saturated carbocycles. The first-order valence-corrected chi connectivity index (χ1v) is 7.32. The standard InChI is InChI=1S/C10H11Cl2NO5S/c11-6-3-7(12)5-8(4-6)19(17,18)13-9(1-2-14)10(15)16/h3-5,9,13-14H,1-2H2,(H,15,16). The van der Waals surface area contributed by atoms with Crippen LogP contribution in [0.25, 0.3) is 0 Å². The van der Waals surface area contributed by atoms with Gasteiger partial charge in [0, 0.05) is 16.7 Å². The molecule has 19 heavy (non-hydrogen) atoms. The number of aliphatic hydroxyl groups excluding tert-OH is 1. The number of carboxylic acids is 1. The van der Waals surface area contributed by atoms with Crippen LogP contribution in [0, 0.1) is 0 Å². The van der Waals surface area contributed by atoms with Crippen molar-refractivity contribution in [1.82, 2.24) is 4.72 Å². The second-order valence-electron chi connectivity index (χ2n) is 3.63. The number of sulfonamides is 1. The van der Waals surface area contributed by atoms with E-state index in [1.54, 1.807) is 0 Å². The highest BCUT2D eigenvalue weighted by Crippen LogP contribution is 2.22. The molecular weight excluding hydrogens is 317 g/mol. The molecule has 6 nitrogen and oxygen atoms in total. The highest BCUT2D eigenvalue weighted by molar-refractivity contribution is 7.89. The third-order valence-corrected chi connectivity index (χ3v) is 4.05. The van der Waals surface area contributed by atoms with Crippen molar-refractivity contribution < 1.29 is 23.4 Å². The molecule has 106 valence electrons. The molecule has 0 saturated heterocycles. The van der Waals surface area contributed by atoms with Crippen molar-refractivity contribution in [3.63, 3.8) is 0 Å². The van der Waals surface area contributed by atoms with Gasteiger partial charge in [-0.3, -0.25) is 4.79 Å². The normalized spacial score (nSPS) is 13.2. The fourth-order valence-electron chi connectivity index (χ4n) is 1.30. The van der Waals surface area contributed by atoms with Crippen molar-refractivity contribution in [2.24, 2.45) is 0 Å². The fraction of sp³-hybridized carbons (Fsp3) is 0.300. The molecule has 9 heteroatoms. The lowest BCUT2D eigenvalue weighted by atomic mass is 10.2. The number of halogens is 2. The van der Waals surface area contributed by atoms with E-state index in [0.29, 0.717) is 0 Å². The smallest absolute Gasteiger partial charge is 0.321 e. The minimum absolute atomic E-state index is 0.113. The molecule has 0 aliphatic heterocycles. The second-order valence-corrected chi connectivity index (χ2v) is 6.22. The van der Waals surface area contributed by atoms with Gasteiger partial charge in [0.15, 0.2) is 0 Å². The van der Waals surface area contributed by atoms with Crippen LogP contribution < -0.4 is 4.72 Å². The molecule has 0 fully saturated rings. The van der Waals surface area contributed by atoms with E-state index in [1.807, 2.05) is 4.72 Å². The van der Waals surface area contributed by atoms with Gasteiger partial charge >= 0.3 is 5.97 Å². The highest BCUT2D eigenvalue weighted by Gasteiger charge is 2.25. The number of aliphatic hydroxyl groups is 1. The van der Waals surface area contributed by atoms with Crippen LogP contribution in [0.2, 0.25) is 10.0 Å². The maximum absolute atomic E-state index is 12.0. The van der Waals surface area contributed by atoms with Crippen LogP contribution in [0.1, 0.15) is 6.42 Å². The molecular formula is C10H11Cl2NO5S. The quantitative estimate of drug-likeness (QED) is 0.726. The number of carboxylic acid groups (broad SMARTS) is 1. The monoisotopic (exact) mass is 327 g/mol. The molecule has 0 bridgehead atoms. The van der Waals surface area contributed by atoms with Gasteiger partial charge in [0.2, 0.25) is 10.0 Å². The lowest BCUT2D eigenvalue weighted by Crippen LogP contribution is -2.41. The van der Waals surface area contributed by atoms with Gasteiger partial charge in [-0.05, 0) is 24.6 Å². The van der Waals surface area contributed by atoms with Crippen LogP contribution in [0.3, 0.4) is 0 Å². The molecule has 1 aromatic carbocycles. The topological polar surface area (TPSA) is 104 Å². The Balaban J connectivity index is 3.06. The van der Waals surface area contributed by atoms with Gasteiger partial charge in [0.1, 0.15) is 6.04 Å². The first-order valence-electron chi connectivity index (χ1n) is 5.08. The average molecular weight is 328 g/mol. The van der Waals surface area contributed by atoms with Gasteiger partial charge < -0.3 is 10.2 Å². The largest absolute Gasteiger partial charge is 0.480 e. The molecule has 0 aromatic heterocycles. The molecule has 3 N–H and O–H groups in total. The Labute approximate surface area is 120 Å². The van der Waals surface area contributed by atoms with E-state index in [1.165, 1.54) is 6.07 Å². The van der Waals surface area contributed by atoms with Crippen molar-refractivity contribution in [3.8, 4) is 0 Å². The van der Waals surface area contributed by atoms with Gasteiger partial charge in [-0.25, -0.2) is 8.42 Å². The minimum atomic E-state index is -4.08. The Morgan fingerprint density at radius 3 is 2.21 bits per heavy atom. The first kappa shape index (κ1) is 16.2. The lowest BCUT2D eigenvalue weighted by molar-refractivity contribution is -0.139. The van der Waals surface area contributed by atoms with Crippen molar-refractivity contribution in [2.45, 2.75) is 17.4 Å². The number of nitrogens with one attached hydrogen (secondary N) is 1. The Bertz CT molecular complexity index is 555. The molecule has 1 atom stereocenters. The lowest BCUT2D eigenvalue weighted by Gasteiger charge is -2.14. The summed E-state index contributed by atoms with van der Waals surface area (Å²) >= 11 is 11.4. The van der Waals surface area contributed by atoms with E-state index in [2.05, 4.69) is 0 Å². The van der Waals surface area contributed by atoms with Crippen molar-refractivity contribution in [2.75, 3.05) is 6.61 Å². The molecule has 0 heterocycles. The summed E-state index contributed by atoms with van der Waals surface area (Å²) in [7, 11) is -4.08. The summed E-state index contributed by atoms with van der Waals surface area (Å²) in [5.41, 5.74) is 0. The van der Waals surface area contributed by atoms with E-state index in [9.17, 15) is 13.2 Å². The van der Waals surface area contributed by atoms with Crippen molar-refractivity contribution in [1.29, 1.82) is 0 Å². The number of carbonyl (C=O) groups is 1. The predicted molar refractivity (Wildman–Crippen MR) is 69.9 cm³/mol. The third-order valence-electron chi connectivity index (χ3n) is 2.16. The summed E-state index contributed by atoms with van der Waals surface area (Å²) in [5.74, 6) is -1.38. The zero-order chi connectivity index (χ0) is 14.6. The minimum Gasteiger partial charge on any atom is -0.480 e. The van der Waals surface area contributed by atoms with Gasteiger partial charge in [0.25, 0.3) is 0 Å². The molecule has 1 rings (SSSR count). The van der Waals surface area contributed by atoms with Crippen LogP contribution in [0.15, 0.2) is 23.1 Å². The third kappa shape index (κ3) is 4.63. The van der Waals surface area contributed by atoms with Gasteiger partial charge in [-0.1, -0.05) is 23.2 Å². The van der Waals surface area contributed by atoms with Gasteiger partial charge in [-0.2, -0.15) is 4.72 Å². The van der Waals surface area contributed by atoms with Crippen molar-refractivity contribution in [3.05, 3.63) is 28.2 Å². The summed E-state index contributed by atoms with van der Waals surface area (Å²) in [5, 5.41) is 17.8. The van der Waals surface area contributed by atoms with Crippen LogP contribution in [-0.2, 0) is 14.8 Å². The molecule has 0 aliphatic rings. The number of hydrogen-bond donors (Lipinski definition) is 3. The summed E-state index contributed by atoms with van der Waals surface area (Å²) in [6.07, 6.45) is -0.247. The number of aliphatic carboxylic acids is 1. The average Bonchev–Trinajstić information content (AvgIpc) is 2.26. The van der Waals surface area contributed by atoms with Gasteiger partial charge in [-0.15, -0.1) is 0 Å². The Morgan fingerprint density at radius 1 is 1.26 bits per heavy atom. The van der Waals surface area contributed by atoms with E-state index < -0.39 is 28.6 Å². The Morgan fingerprint density at radius 2 is 1.79 bits per heavy atom. The molecule has 0 spiro atoms. The second kappa shape index (κ2) is 6.53. The van der Waals surface area contributed by atoms with Crippen molar-refractivity contribution >= 4 is 39.2 Å². The number of hydrogen-bond acceptors (Lipinski definition) is 4. The van der Waals surface area contributed by atoms with Crippen LogP contribution in [-0.4, -0.2) is 37.2 Å². The maximum atomic E-state index is 12.0. The molecule has 0 aliphatic carbocycles. The molecule has 0 radical (unpaired) electrons. The Kier molecular flexibility index (Phi) is 5.57. The zero-order valence-corrected chi connectivity index (χ0v) is 11.8. The molecule has 0 amide bonds. The first-order chi connectivity index (χ1) is 8.76. The molecule has 1 aromatic rings.